The third kappa shape index (κ3) is 2.66. The van der Waals surface area contributed by atoms with Crippen molar-refractivity contribution in [1.82, 2.24) is 9.78 Å². The summed E-state index contributed by atoms with van der Waals surface area (Å²) in [4.78, 5) is 11.1. The Kier molecular flexibility index (Phi) is 3.66. The molecule has 19 heavy (non-hydrogen) atoms. The molecule has 1 aromatic heterocycles. The molecule has 1 amide bonds. The van der Waals surface area contributed by atoms with Crippen molar-refractivity contribution >= 4 is 5.91 Å². The van der Waals surface area contributed by atoms with Crippen molar-refractivity contribution in [2.45, 2.75) is 25.9 Å². The molecule has 2 aromatic rings. The van der Waals surface area contributed by atoms with Crippen LogP contribution >= 0.6 is 0 Å². The molecule has 0 aliphatic rings. The Hall–Kier alpha value is -2.14. The number of rotatable bonds is 4. The first-order chi connectivity index (χ1) is 9.00. The summed E-state index contributed by atoms with van der Waals surface area (Å²) in [6.07, 6.45) is 3.11. The molecule has 2 atom stereocenters. The summed E-state index contributed by atoms with van der Waals surface area (Å²) in [7, 11) is 0. The van der Waals surface area contributed by atoms with Crippen LogP contribution in [0, 0.1) is 6.92 Å². The number of nitrogens with zero attached hydrogens (tertiary/aromatic N) is 2. The molecule has 0 radical (unpaired) electrons. The van der Waals surface area contributed by atoms with Crippen LogP contribution in [0.1, 0.15) is 34.5 Å². The maximum atomic E-state index is 11.1. The first-order valence-electron chi connectivity index (χ1n) is 6.15. The van der Waals surface area contributed by atoms with Gasteiger partial charge in [-0.25, -0.2) is 0 Å². The van der Waals surface area contributed by atoms with E-state index < -0.39 is 5.91 Å². The smallest absolute Gasteiger partial charge is 0.251 e. The summed E-state index contributed by atoms with van der Waals surface area (Å²) in [5.41, 5.74) is 13.9. The van der Waals surface area contributed by atoms with E-state index in [-0.39, 0.29) is 12.1 Å². The van der Waals surface area contributed by atoms with Crippen molar-refractivity contribution in [1.29, 1.82) is 0 Å². The molecule has 4 N–H and O–H groups in total. The van der Waals surface area contributed by atoms with Crippen molar-refractivity contribution in [2.24, 2.45) is 11.5 Å². The Morgan fingerprint density at radius 2 is 2.05 bits per heavy atom. The lowest BCUT2D eigenvalue weighted by molar-refractivity contribution is 0.1000. The highest BCUT2D eigenvalue weighted by Crippen LogP contribution is 2.24. The van der Waals surface area contributed by atoms with Crippen LogP contribution in [0.2, 0.25) is 0 Å². The Bertz CT molecular complexity index is 589. The minimum atomic E-state index is -0.487. The van der Waals surface area contributed by atoms with E-state index in [0.29, 0.717) is 5.56 Å². The Labute approximate surface area is 112 Å². The predicted molar refractivity (Wildman–Crippen MR) is 73.7 cm³/mol. The highest BCUT2D eigenvalue weighted by molar-refractivity contribution is 5.92. The lowest BCUT2D eigenvalue weighted by atomic mass is 9.97. The van der Waals surface area contributed by atoms with Gasteiger partial charge < -0.3 is 11.5 Å². The first kappa shape index (κ1) is 13.3. The molecule has 5 nitrogen and oxygen atoms in total. The lowest BCUT2D eigenvalue weighted by Crippen LogP contribution is -2.31. The topological polar surface area (TPSA) is 86.9 Å². The predicted octanol–water partition coefficient (Wildman–Crippen LogP) is 1.23. The van der Waals surface area contributed by atoms with E-state index in [4.69, 9.17) is 11.5 Å². The number of benzene rings is 1. The van der Waals surface area contributed by atoms with Crippen LogP contribution in [0.25, 0.3) is 0 Å². The van der Waals surface area contributed by atoms with E-state index >= 15 is 0 Å². The summed E-state index contributed by atoms with van der Waals surface area (Å²) in [6.45, 7) is 3.95. The number of aromatic nitrogens is 2. The second-order valence-corrected chi connectivity index (χ2v) is 4.73. The normalized spacial score (nSPS) is 14.1. The molecule has 0 saturated heterocycles. The minimum Gasteiger partial charge on any atom is -0.366 e. The van der Waals surface area contributed by atoms with E-state index in [1.54, 1.807) is 10.9 Å². The standard InChI is InChI=1S/C14H18N4O/c1-9-5-3-4-6-12(9)13(10(2)15)18-8-11(7-17-18)14(16)19/h3-8,10,13H,15H2,1-2H3,(H2,16,19). The number of carbonyl (C=O) groups excluding carboxylic acids is 1. The fraction of sp³-hybridized carbons (Fsp3) is 0.286. The number of nitrogens with two attached hydrogens (primary N) is 2. The van der Waals surface area contributed by atoms with Gasteiger partial charge in [0.15, 0.2) is 0 Å². The van der Waals surface area contributed by atoms with Crippen LogP contribution < -0.4 is 11.5 Å². The highest BCUT2D eigenvalue weighted by Gasteiger charge is 2.21. The second-order valence-electron chi connectivity index (χ2n) is 4.73. The number of primary amides is 1. The maximum absolute atomic E-state index is 11.1. The average molecular weight is 258 g/mol. The van der Waals surface area contributed by atoms with Gasteiger partial charge in [0.25, 0.3) is 5.91 Å². The molecule has 2 rings (SSSR count). The fourth-order valence-electron chi connectivity index (χ4n) is 2.20. The summed E-state index contributed by atoms with van der Waals surface area (Å²) < 4.78 is 1.70. The molecule has 2 unspecified atom stereocenters. The molecular formula is C14H18N4O. The molecule has 0 bridgehead atoms. The van der Waals surface area contributed by atoms with Crippen LogP contribution in [0.4, 0.5) is 0 Å². The molecule has 1 heterocycles. The highest BCUT2D eigenvalue weighted by atomic mass is 16.1. The third-order valence-electron chi connectivity index (χ3n) is 3.18. The van der Waals surface area contributed by atoms with Gasteiger partial charge in [-0.15, -0.1) is 0 Å². The largest absolute Gasteiger partial charge is 0.366 e. The van der Waals surface area contributed by atoms with E-state index in [1.807, 2.05) is 38.1 Å². The monoisotopic (exact) mass is 258 g/mol. The van der Waals surface area contributed by atoms with Gasteiger partial charge in [-0.2, -0.15) is 5.10 Å². The zero-order valence-electron chi connectivity index (χ0n) is 11.1. The number of hydrogen-bond donors (Lipinski definition) is 2. The van der Waals surface area contributed by atoms with Gasteiger partial charge in [-0.05, 0) is 25.0 Å². The van der Waals surface area contributed by atoms with Gasteiger partial charge in [0, 0.05) is 12.2 Å². The zero-order valence-corrected chi connectivity index (χ0v) is 11.1. The van der Waals surface area contributed by atoms with E-state index in [1.165, 1.54) is 6.20 Å². The number of carbonyl (C=O) groups is 1. The van der Waals surface area contributed by atoms with Crippen LogP contribution in [-0.2, 0) is 0 Å². The maximum Gasteiger partial charge on any atom is 0.251 e. The molecule has 1 aromatic carbocycles. The van der Waals surface area contributed by atoms with Crippen LogP contribution in [-0.4, -0.2) is 21.7 Å². The van der Waals surface area contributed by atoms with Crippen molar-refractivity contribution in [2.75, 3.05) is 0 Å². The molecule has 5 heteroatoms. The lowest BCUT2D eigenvalue weighted by Gasteiger charge is -2.23. The Morgan fingerprint density at radius 1 is 1.37 bits per heavy atom. The van der Waals surface area contributed by atoms with Crippen LogP contribution in [0.5, 0.6) is 0 Å². The Morgan fingerprint density at radius 3 is 2.58 bits per heavy atom. The van der Waals surface area contributed by atoms with Gasteiger partial charge in [0.1, 0.15) is 0 Å². The van der Waals surface area contributed by atoms with Gasteiger partial charge in [0.2, 0.25) is 0 Å². The number of aryl methyl sites for hydroxylation is 1. The molecule has 0 spiro atoms. The van der Waals surface area contributed by atoms with Crippen molar-refractivity contribution in [3.05, 3.63) is 53.3 Å². The SMILES string of the molecule is Cc1ccccc1C(C(C)N)n1cc(C(N)=O)cn1. The van der Waals surface area contributed by atoms with Crippen LogP contribution in [0.15, 0.2) is 36.7 Å². The summed E-state index contributed by atoms with van der Waals surface area (Å²) in [5.74, 6) is -0.487. The van der Waals surface area contributed by atoms with Crippen molar-refractivity contribution in [3.8, 4) is 0 Å². The van der Waals surface area contributed by atoms with Crippen molar-refractivity contribution < 1.29 is 4.79 Å². The van der Waals surface area contributed by atoms with E-state index in [2.05, 4.69) is 5.10 Å². The number of amides is 1. The van der Waals surface area contributed by atoms with Gasteiger partial charge >= 0.3 is 0 Å². The quantitative estimate of drug-likeness (QED) is 0.864. The molecule has 0 fully saturated rings. The summed E-state index contributed by atoms with van der Waals surface area (Å²) in [5, 5.41) is 4.21. The van der Waals surface area contributed by atoms with Crippen molar-refractivity contribution in [3.63, 3.8) is 0 Å². The van der Waals surface area contributed by atoms with Gasteiger partial charge in [0.05, 0.1) is 17.8 Å². The van der Waals surface area contributed by atoms with E-state index in [0.717, 1.165) is 11.1 Å². The molecular weight excluding hydrogens is 240 g/mol. The molecule has 100 valence electrons. The van der Waals surface area contributed by atoms with Gasteiger partial charge in [-0.3, -0.25) is 9.48 Å². The third-order valence-corrected chi connectivity index (χ3v) is 3.18. The first-order valence-corrected chi connectivity index (χ1v) is 6.15. The summed E-state index contributed by atoms with van der Waals surface area (Å²) >= 11 is 0. The van der Waals surface area contributed by atoms with Crippen LogP contribution in [0.3, 0.4) is 0 Å². The van der Waals surface area contributed by atoms with E-state index in [9.17, 15) is 4.79 Å². The number of hydrogen-bond acceptors (Lipinski definition) is 3. The Balaban J connectivity index is 2.46. The zero-order chi connectivity index (χ0) is 14.0. The second kappa shape index (κ2) is 5.24. The molecule has 0 aliphatic carbocycles. The molecule has 0 aliphatic heterocycles. The summed E-state index contributed by atoms with van der Waals surface area (Å²) in [6, 6.07) is 7.75. The van der Waals surface area contributed by atoms with Gasteiger partial charge in [-0.1, -0.05) is 24.3 Å². The average Bonchev–Trinajstić information content (AvgIpc) is 2.81. The molecule has 0 saturated carbocycles. The fourth-order valence-corrected chi connectivity index (χ4v) is 2.20. The minimum absolute atomic E-state index is 0.116.